The van der Waals surface area contributed by atoms with Crippen LogP contribution < -0.4 is 0 Å². The average Bonchev–Trinajstić information content (AvgIpc) is 3.61. The van der Waals surface area contributed by atoms with Gasteiger partial charge >= 0.3 is 0 Å². The Kier molecular flexibility index (Phi) is 6.14. The molecular weight excluding hydrogens is 657 g/mol. The van der Waals surface area contributed by atoms with E-state index < -0.39 is 0 Å². The zero-order valence-corrected chi connectivity index (χ0v) is 29.7. The smallest absolute Gasteiger partial charge is 0.0433 e. The largest absolute Gasteiger partial charge is 0.135 e. The van der Waals surface area contributed by atoms with Crippen molar-refractivity contribution >= 4 is 74.6 Å². The minimum absolute atomic E-state index is 0.287. The van der Waals surface area contributed by atoms with Crippen LogP contribution in [0.3, 0.4) is 0 Å². The minimum Gasteiger partial charge on any atom is -0.135 e. The highest BCUT2D eigenvalue weighted by molar-refractivity contribution is 7.26. The van der Waals surface area contributed by atoms with Crippen LogP contribution in [0.4, 0.5) is 0 Å². The molecule has 1 heteroatoms. The first kappa shape index (κ1) is 29.3. The van der Waals surface area contributed by atoms with Crippen molar-refractivity contribution in [3.05, 3.63) is 193 Å². The highest BCUT2D eigenvalue weighted by Gasteiger charge is 2.34. The molecule has 0 fully saturated rings. The Morgan fingerprint density at radius 3 is 1.66 bits per heavy atom. The molecule has 0 radical (unpaired) electrons. The number of rotatable bonds is 2. The molecule has 0 amide bonds. The molecule has 2 aliphatic carbocycles. The van der Waals surface area contributed by atoms with Gasteiger partial charge in [-0.15, -0.1) is 11.3 Å². The fraction of sp³-hybridized carbons (Fsp3) is 0.0385. The molecule has 9 aromatic carbocycles. The quantitative estimate of drug-likeness (QED) is 0.159. The maximum absolute atomic E-state index is 2.55. The second-order valence-corrected chi connectivity index (χ2v) is 15.7. The van der Waals surface area contributed by atoms with Crippen LogP contribution in [0, 0.1) is 0 Å². The van der Waals surface area contributed by atoms with Crippen LogP contribution in [0.5, 0.6) is 0 Å². The van der Waals surface area contributed by atoms with Crippen LogP contribution in [0.15, 0.2) is 182 Å². The summed E-state index contributed by atoms with van der Waals surface area (Å²) >= 11 is 1.92. The normalized spacial score (nSPS) is 16.2. The Morgan fingerprint density at radius 2 is 0.925 bits per heavy atom. The van der Waals surface area contributed by atoms with Crippen LogP contribution in [-0.4, -0.2) is 0 Å². The van der Waals surface area contributed by atoms with Gasteiger partial charge < -0.3 is 0 Å². The molecule has 2 aliphatic rings. The summed E-state index contributed by atoms with van der Waals surface area (Å²) in [5.41, 5.74) is 10.8. The summed E-state index contributed by atoms with van der Waals surface area (Å²) in [4.78, 5) is 0. The lowest BCUT2D eigenvalue weighted by Crippen LogP contribution is -2.17. The molecule has 246 valence electrons. The molecule has 0 saturated heterocycles. The molecule has 53 heavy (non-hydrogen) atoms. The van der Waals surface area contributed by atoms with Crippen molar-refractivity contribution in [2.45, 2.75) is 11.8 Å². The van der Waals surface area contributed by atoms with Crippen molar-refractivity contribution in [1.82, 2.24) is 0 Å². The summed E-state index contributed by atoms with van der Waals surface area (Å²) in [5.74, 6) is 0.616. The summed E-state index contributed by atoms with van der Waals surface area (Å²) in [6.07, 6.45) is 9.28. The molecule has 0 aliphatic heterocycles. The van der Waals surface area contributed by atoms with Gasteiger partial charge in [-0.05, 0) is 99.7 Å². The third-order valence-corrected chi connectivity index (χ3v) is 13.2. The van der Waals surface area contributed by atoms with Gasteiger partial charge in [-0.3, -0.25) is 0 Å². The van der Waals surface area contributed by atoms with Crippen LogP contribution in [0.1, 0.15) is 23.0 Å². The lowest BCUT2D eigenvalue weighted by atomic mass is 9.68. The SMILES string of the molecule is C1=CC2c3ccccc3-c3c(cc(-c4c5ccccc5c(-c5ccc6c(c5)sc5c7ccccc7ccc65)c5ccccc45)c4ccccc34)C2C=C1. The van der Waals surface area contributed by atoms with E-state index in [-0.39, 0.29) is 5.92 Å². The fourth-order valence-corrected chi connectivity index (χ4v) is 11.1. The van der Waals surface area contributed by atoms with Gasteiger partial charge in [0, 0.05) is 32.0 Å². The monoisotopic (exact) mass is 688 g/mol. The minimum atomic E-state index is 0.287. The highest BCUT2D eigenvalue weighted by Crippen LogP contribution is 2.55. The van der Waals surface area contributed by atoms with Gasteiger partial charge in [-0.1, -0.05) is 170 Å². The van der Waals surface area contributed by atoms with Crippen LogP contribution in [0.25, 0.3) is 96.6 Å². The Morgan fingerprint density at radius 1 is 0.358 bits per heavy atom. The van der Waals surface area contributed by atoms with Gasteiger partial charge in [0.2, 0.25) is 0 Å². The molecular formula is C52H32S. The summed E-state index contributed by atoms with van der Waals surface area (Å²) in [7, 11) is 0. The van der Waals surface area contributed by atoms with Crippen molar-refractivity contribution in [3.8, 4) is 33.4 Å². The summed E-state index contributed by atoms with van der Waals surface area (Å²) in [5, 5.41) is 13.1. The first-order valence-electron chi connectivity index (χ1n) is 18.6. The van der Waals surface area contributed by atoms with E-state index in [1.54, 1.807) is 0 Å². The van der Waals surface area contributed by atoms with E-state index in [1.807, 2.05) is 11.3 Å². The van der Waals surface area contributed by atoms with Crippen LogP contribution in [-0.2, 0) is 0 Å². The van der Waals surface area contributed by atoms with Crippen LogP contribution >= 0.6 is 11.3 Å². The second-order valence-electron chi connectivity index (χ2n) is 14.7. The third-order valence-electron chi connectivity index (χ3n) is 12.0. The van der Waals surface area contributed by atoms with Crippen molar-refractivity contribution in [1.29, 1.82) is 0 Å². The number of fused-ring (bicyclic) bond motifs is 15. The number of benzene rings is 9. The Hall–Kier alpha value is -6.28. The number of thiophene rings is 1. The molecule has 1 aromatic heterocycles. The van der Waals surface area contributed by atoms with Gasteiger partial charge in [0.15, 0.2) is 0 Å². The number of hydrogen-bond donors (Lipinski definition) is 0. The van der Waals surface area contributed by atoms with Gasteiger partial charge in [-0.25, -0.2) is 0 Å². The standard InChI is InChI=1S/C52H32S/c1-2-14-33-31(13-1)25-28-45-38-27-26-32(29-48(38)53-52(33)45)49-41-21-9-11-23-43(41)51(44-24-12-10-22-42(44)49)47-30-46-36-17-4-3-15-34(36)35-16-5-7-19-39(35)50(46)40-20-8-6-18-37(40)47/h1-30,34,36H. The van der Waals surface area contributed by atoms with Crippen molar-refractivity contribution in [3.63, 3.8) is 0 Å². The molecule has 0 nitrogen and oxygen atoms in total. The molecule has 0 N–H and O–H groups in total. The topological polar surface area (TPSA) is 0 Å². The predicted molar refractivity (Wildman–Crippen MR) is 229 cm³/mol. The van der Waals surface area contributed by atoms with Crippen LogP contribution in [0.2, 0.25) is 0 Å². The van der Waals surface area contributed by atoms with E-state index >= 15 is 0 Å². The Bertz CT molecular complexity index is 3190. The van der Waals surface area contributed by atoms with Crippen molar-refractivity contribution < 1.29 is 0 Å². The van der Waals surface area contributed by atoms with Gasteiger partial charge in [0.05, 0.1) is 0 Å². The van der Waals surface area contributed by atoms with Gasteiger partial charge in [0.25, 0.3) is 0 Å². The van der Waals surface area contributed by atoms with E-state index in [0.717, 1.165) is 0 Å². The van der Waals surface area contributed by atoms with Crippen molar-refractivity contribution in [2.75, 3.05) is 0 Å². The number of hydrogen-bond acceptors (Lipinski definition) is 1. The molecule has 0 saturated carbocycles. The predicted octanol–water partition coefficient (Wildman–Crippen LogP) is 15.0. The number of allylic oxidation sites excluding steroid dienone is 4. The molecule has 0 spiro atoms. The maximum atomic E-state index is 2.55. The first-order chi connectivity index (χ1) is 26.3. The molecule has 2 unspecified atom stereocenters. The molecule has 0 bridgehead atoms. The molecule has 10 aromatic rings. The zero-order valence-electron chi connectivity index (χ0n) is 28.9. The first-order valence-corrected chi connectivity index (χ1v) is 19.4. The van der Waals surface area contributed by atoms with E-state index in [1.165, 1.54) is 108 Å². The highest BCUT2D eigenvalue weighted by atomic mass is 32.1. The summed E-state index contributed by atoms with van der Waals surface area (Å²) in [6.45, 7) is 0. The molecule has 12 rings (SSSR count). The average molecular weight is 689 g/mol. The third kappa shape index (κ3) is 4.12. The van der Waals surface area contributed by atoms with Crippen molar-refractivity contribution in [2.24, 2.45) is 0 Å². The fourth-order valence-electron chi connectivity index (χ4n) is 9.77. The van der Waals surface area contributed by atoms with E-state index in [4.69, 9.17) is 0 Å². The lowest BCUT2D eigenvalue weighted by Gasteiger charge is -2.35. The van der Waals surface area contributed by atoms with E-state index in [2.05, 4.69) is 182 Å². The van der Waals surface area contributed by atoms with E-state index in [0.29, 0.717) is 5.92 Å². The summed E-state index contributed by atoms with van der Waals surface area (Å²) in [6, 6.07) is 59.4. The Labute approximate surface area is 311 Å². The molecule has 2 atom stereocenters. The zero-order chi connectivity index (χ0) is 34.6. The van der Waals surface area contributed by atoms with E-state index in [9.17, 15) is 0 Å². The maximum Gasteiger partial charge on any atom is 0.0433 e. The lowest BCUT2D eigenvalue weighted by molar-refractivity contribution is 0.721. The second kappa shape index (κ2) is 11.1. The Balaban J connectivity index is 1.16. The summed E-state index contributed by atoms with van der Waals surface area (Å²) < 4.78 is 2.70. The van der Waals surface area contributed by atoms with Gasteiger partial charge in [0.1, 0.15) is 0 Å². The van der Waals surface area contributed by atoms with Gasteiger partial charge in [-0.2, -0.15) is 0 Å². The molecule has 1 heterocycles.